The molecule has 3 unspecified atom stereocenters. The van der Waals surface area contributed by atoms with Crippen LogP contribution in [0.5, 0.6) is 0 Å². The molecular weight excluding hydrogens is 291 g/mol. The number of alkyl halides is 3. The highest BCUT2D eigenvalue weighted by Crippen LogP contribution is 2.30. The lowest BCUT2D eigenvalue weighted by Gasteiger charge is -2.29. The Balaban J connectivity index is 1.63. The molecule has 3 nitrogen and oxygen atoms in total. The molecule has 3 rings (SSSR count). The van der Waals surface area contributed by atoms with Gasteiger partial charge in [0.15, 0.2) is 0 Å². The standard InChI is InChI=1S/C16H20F3N3/c17-16(18,19)12-4-1-10(2-5-12)8-15-21-13-6-3-11(9-20)7-14(13)22-15/h1-2,4-5,11,13-14H,3,6-9,20H2,(H,21,22). The maximum absolute atomic E-state index is 12.5. The predicted octanol–water partition coefficient (Wildman–Crippen LogP) is 2.75. The lowest BCUT2D eigenvalue weighted by atomic mass is 9.83. The zero-order valence-corrected chi connectivity index (χ0v) is 12.2. The van der Waals surface area contributed by atoms with Crippen LogP contribution in [-0.2, 0) is 12.6 Å². The molecule has 1 fully saturated rings. The molecule has 1 saturated carbocycles. The highest BCUT2D eigenvalue weighted by atomic mass is 19.4. The van der Waals surface area contributed by atoms with E-state index in [1.807, 2.05) is 0 Å². The van der Waals surface area contributed by atoms with Gasteiger partial charge in [0.2, 0.25) is 0 Å². The molecular formula is C16H20F3N3. The summed E-state index contributed by atoms with van der Waals surface area (Å²) in [6, 6.07) is 5.94. The topological polar surface area (TPSA) is 50.4 Å². The molecule has 1 aromatic rings. The number of hydrogen-bond acceptors (Lipinski definition) is 3. The highest BCUT2D eigenvalue weighted by Gasteiger charge is 2.34. The summed E-state index contributed by atoms with van der Waals surface area (Å²) in [5.41, 5.74) is 5.96. The summed E-state index contributed by atoms with van der Waals surface area (Å²) in [5.74, 6) is 1.43. The maximum atomic E-state index is 12.5. The van der Waals surface area contributed by atoms with Crippen molar-refractivity contribution in [3.05, 3.63) is 35.4 Å². The number of amidine groups is 1. The van der Waals surface area contributed by atoms with Crippen LogP contribution in [-0.4, -0.2) is 24.5 Å². The molecule has 1 aromatic carbocycles. The first-order valence-corrected chi connectivity index (χ1v) is 7.65. The fourth-order valence-corrected chi connectivity index (χ4v) is 3.32. The normalized spacial score (nSPS) is 28.0. The van der Waals surface area contributed by atoms with Crippen LogP contribution in [0.15, 0.2) is 29.3 Å². The van der Waals surface area contributed by atoms with E-state index in [1.165, 1.54) is 12.1 Å². The summed E-state index contributed by atoms with van der Waals surface area (Å²) in [4.78, 5) is 4.69. The molecule has 120 valence electrons. The van der Waals surface area contributed by atoms with E-state index in [-0.39, 0.29) is 0 Å². The van der Waals surface area contributed by atoms with Crippen LogP contribution in [0.3, 0.4) is 0 Å². The second kappa shape index (κ2) is 5.91. The van der Waals surface area contributed by atoms with E-state index < -0.39 is 11.7 Å². The van der Waals surface area contributed by atoms with Crippen molar-refractivity contribution in [1.82, 2.24) is 5.32 Å². The molecule has 0 radical (unpaired) electrons. The van der Waals surface area contributed by atoms with Crippen LogP contribution in [0, 0.1) is 5.92 Å². The number of benzene rings is 1. The van der Waals surface area contributed by atoms with Crippen LogP contribution in [0.2, 0.25) is 0 Å². The minimum Gasteiger partial charge on any atom is -0.369 e. The van der Waals surface area contributed by atoms with Crippen molar-refractivity contribution >= 4 is 5.84 Å². The molecule has 0 bridgehead atoms. The molecule has 0 aromatic heterocycles. The average molecular weight is 311 g/mol. The number of halogens is 3. The Morgan fingerprint density at radius 3 is 2.55 bits per heavy atom. The van der Waals surface area contributed by atoms with E-state index >= 15 is 0 Å². The quantitative estimate of drug-likeness (QED) is 0.902. The van der Waals surface area contributed by atoms with Gasteiger partial charge in [0.05, 0.1) is 11.6 Å². The average Bonchev–Trinajstić information content (AvgIpc) is 2.88. The van der Waals surface area contributed by atoms with Crippen molar-refractivity contribution in [1.29, 1.82) is 0 Å². The lowest BCUT2D eigenvalue weighted by molar-refractivity contribution is -0.137. The number of rotatable bonds is 3. The number of hydrogen-bond donors (Lipinski definition) is 2. The van der Waals surface area contributed by atoms with E-state index in [4.69, 9.17) is 5.73 Å². The summed E-state index contributed by atoms with van der Waals surface area (Å²) in [5, 5.41) is 3.42. The van der Waals surface area contributed by atoms with E-state index in [9.17, 15) is 13.2 Å². The molecule has 0 amide bonds. The minimum atomic E-state index is -4.28. The van der Waals surface area contributed by atoms with Crippen molar-refractivity contribution in [2.45, 2.75) is 43.9 Å². The first-order valence-electron chi connectivity index (χ1n) is 7.65. The molecule has 22 heavy (non-hydrogen) atoms. The molecule has 1 aliphatic heterocycles. The zero-order chi connectivity index (χ0) is 15.7. The molecule has 2 aliphatic rings. The summed E-state index contributed by atoms with van der Waals surface area (Å²) >= 11 is 0. The van der Waals surface area contributed by atoms with Gasteiger partial charge in [-0.05, 0) is 49.4 Å². The van der Waals surface area contributed by atoms with Gasteiger partial charge in [-0.3, -0.25) is 4.99 Å². The van der Waals surface area contributed by atoms with E-state index in [1.54, 1.807) is 0 Å². The first-order chi connectivity index (χ1) is 10.5. The second-order valence-electron chi connectivity index (χ2n) is 6.18. The summed E-state index contributed by atoms with van der Waals surface area (Å²) < 4.78 is 37.6. The Morgan fingerprint density at radius 2 is 1.91 bits per heavy atom. The largest absolute Gasteiger partial charge is 0.416 e. The van der Waals surface area contributed by atoms with Gasteiger partial charge in [0, 0.05) is 12.5 Å². The van der Waals surface area contributed by atoms with E-state index in [0.29, 0.717) is 31.0 Å². The van der Waals surface area contributed by atoms with Gasteiger partial charge in [-0.25, -0.2) is 0 Å². The lowest BCUT2D eigenvalue weighted by Crippen LogP contribution is -2.41. The van der Waals surface area contributed by atoms with Crippen LogP contribution in [0.4, 0.5) is 13.2 Å². The first kappa shape index (κ1) is 15.3. The van der Waals surface area contributed by atoms with Crippen molar-refractivity contribution in [3.63, 3.8) is 0 Å². The van der Waals surface area contributed by atoms with Gasteiger partial charge in [-0.2, -0.15) is 13.2 Å². The highest BCUT2D eigenvalue weighted by molar-refractivity contribution is 5.86. The third-order valence-corrected chi connectivity index (χ3v) is 4.58. The van der Waals surface area contributed by atoms with Gasteiger partial charge < -0.3 is 11.1 Å². The maximum Gasteiger partial charge on any atom is 0.416 e. The van der Waals surface area contributed by atoms with Crippen LogP contribution in [0.25, 0.3) is 0 Å². The second-order valence-corrected chi connectivity index (χ2v) is 6.18. The SMILES string of the molecule is NCC1CCC2N=C(Cc3ccc(C(F)(F)F)cc3)NC2C1. The number of fused-ring (bicyclic) bond motifs is 1. The predicted molar refractivity (Wildman–Crippen MR) is 79.7 cm³/mol. The van der Waals surface area contributed by atoms with Gasteiger partial charge in [-0.1, -0.05) is 12.1 Å². The molecule has 6 heteroatoms. The Hall–Kier alpha value is -1.56. The third-order valence-electron chi connectivity index (χ3n) is 4.58. The Labute approximate surface area is 127 Å². The Kier molecular flexibility index (Phi) is 4.12. The van der Waals surface area contributed by atoms with Crippen LogP contribution < -0.4 is 11.1 Å². The van der Waals surface area contributed by atoms with Gasteiger partial charge in [-0.15, -0.1) is 0 Å². The van der Waals surface area contributed by atoms with Gasteiger partial charge >= 0.3 is 6.18 Å². The smallest absolute Gasteiger partial charge is 0.369 e. The minimum absolute atomic E-state index is 0.298. The zero-order valence-electron chi connectivity index (χ0n) is 12.2. The summed E-state index contributed by atoms with van der Waals surface area (Å²) in [6.45, 7) is 0.707. The summed E-state index contributed by atoms with van der Waals surface area (Å²) in [7, 11) is 0. The monoisotopic (exact) mass is 311 g/mol. The van der Waals surface area contributed by atoms with Crippen molar-refractivity contribution in [2.24, 2.45) is 16.6 Å². The molecule has 0 saturated heterocycles. The molecule has 0 spiro atoms. The third kappa shape index (κ3) is 3.27. The van der Waals surface area contributed by atoms with Crippen LogP contribution >= 0.6 is 0 Å². The van der Waals surface area contributed by atoms with Crippen LogP contribution in [0.1, 0.15) is 30.4 Å². The number of nitrogens with one attached hydrogen (secondary N) is 1. The fraction of sp³-hybridized carbons (Fsp3) is 0.562. The number of aliphatic imine (C=N–C) groups is 1. The van der Waals surface area contributed by atoms with E-state index in [0.717, 1.165) is 42.8 Å². The molecule has 1 heterocycles. The van der Waals surface area contributed by atoms with E-state index in [2.05, 4.69) is 10.3 Å². The van der Waals surface area contributed by atoms with Crippen molar-refractivity contribution < 1.29 is 13.2 Å². The molecule has 3 atom stereocenters. The van der Waals surface area contributed by atoms with Crippen molar-refractivity contribution in [2.75, 3.05) is 6.54 Å². The number of nitrogens with zero attached hydrogens (tertiary/aromatic N) is 1. The Morgan fingerprint density at radius 1 is 1.18 bits per heavy atom. The number of nitrogens with two attached hydrogens (primary N) is 1. The van der Waals surface area contributed by atoms with Gasteiger partial charge in [0.1, 0.15) is 5.84 Å². The summed E-state index contributed by atoms with van der Waals surface area (Å²) in [6.07, 6.45) is -0.556. The van der Waals surface area contributed by atoms with Crippen molar-refractivity contribution in [3.8, 4) is 0 Å². The Bertz CT molecular complexity index is 551. The molecule has 3 N–H and O–H groups in total. The fourth-order valence-electron chi connectivity index (χ4n) is 3.32. The molecule has 1 aliphatic carbocycles. The van der Waals surface area contributed by atoms with Gasteiger partial charge in [0.25, 0.3) is 0 Å².